The molecule has 1 N–H and O–H groups in total. The molecule has 0 aliphatic carbocycles. The number of nitrogens with one attached hydrogen (secondary N) is 1. The molecule has 0 aromatic heterocycles. The van der Waals surface area contributed by atoms with Crippen LogP contribution in [0.1, 0.15) is 67.7 Å². The molecule has 0 unspecified atom stereocenters. The Hall–Kier alpha value is -0.0800. The molecular formula is C15H36N2. The molecule has 0 rings (SSSR count). The zero-order valence-corrected chi connectivity index (χ0v) is 13.3. The van der Waals surface area contributed by atoms with Gasteiger partial charge in [0.25, 0.3) is 0 Å². The highest BCUT2D eigenvalue weighted by Gasteiger charge is 1.98. The summed E-state index contributed by atoms with van der Waals surface area (Å²) in [5, 5.41) is 3.31. The van der Waals surface area contributed by atoms with Crippen LogP contribution in [0.25, 0.3) is 0 Å². The third kappa shape index (κ3) is 18.5. The lowest BCUT2D eigenvalue weighted by molar-refractivity contribution is 0.275. The van der Waals surface area contributed by atoms with Gasteiger partial charge in [-0.3, -0.25) is 0 Å². The Labute approximate surface area is 110 Å². The van der Waals surface area contributed by atoms with Crippen LogP contribution in [0.4, 0.5) is 0 Å². The Kier molecular flexibility index (Phi) is 15.8. The summed E-state index contributed by atoms with van der Waals surface area (Å²) in [6.07, 6.45) is 3.88. The van der Waals surface area contributed by atoms with Gasteiger partial charge in [0, 0.05) is 12.1 Å². The van der Waals surface area contributed by atoms with Gasteiger partial charge < -0.3 is 10.2 Å². The van der Waals surface area contributed by atoms with Gasteiger partial charge in [-0.05, 0) is 38.9 Å². The Morgan fingerprint density at radius 3 is 1.12 bits per heavy atom. The first-order chi connectivity index (χ1) is 7.97. The Morgan fingerprint density at radius 1 is 0.706 bits per heavy atom. The Balaban J connectivity index is 0. The molecule has 0 radical (unpaired) electrons. The summed E-state index contributed by atoms with van der Waals surface area (Å²) < 4.78 is 0. The fourth-order valence-corrected chi connectivity index (χ4v) is 1.95. The van der Waals surface area contributed by atoms with E-state index in [1.54, 1.807) is 0 Å². The van der Waals surface area contributed by atoms with E-state index in [1.807, 2.05) is 0 Å². The first-order valence-corrected chi connectivity index (χ1v) is 7.46. The molecule has 0 saturated heterocycles. The van der Waals surface area contributed by atoms with Gasteiger partial charge in [-0.1, -0.05) is 48.5 Å². The van der Waals surface area contributed by atoms with Crippen LogP contribution in [0, 0.1) is 0 Å². The number of hydrogen-bond donors (Lipinski definition) is 1. The topological polar surface area (TPSA) is 15.3 Å². The van der Waals surface area contributed by atoms with Gasteiger partial charge in [-0.15, -0.1) is 0 Å². The minimum atomic E-state index is 0.625. The molecular weight excluding hydrogens is 208 g/mol. The molecule has 0 atom stereocenters. The third-order valence-corrected chi connectivity index (χ3v) is 2.29. The van der Waals surface area contributed by atoms with Crippen LogP contribution in [-0.4, -0.2) is 36.6 Å². The molecule has 0 heterocycles. The van der Waals surface area contributed by atoms with Crippen molar-refractivity contribution >= 4 is 0 Å². The maximum Gasteiger partial charge on any atom is 0.00127 e. The minimum absolute atomic E-state index is 0.625. The van der Waals surface area contributed by atoms with E-state index in [-0.39, 0.29) is 0 Å². The molecule has 17 heavy (non-hydrogen) atoms. The van der Waals surface area contributed by atoms with E-state index < -0.39 is 0 Å². The average molecular weight is 244 g/mol. The zero-order valence-electron chi connectivity index (χ0n) is 13.3. The lowest BCUT2D eigenvalue weighted by atomic mass is 10.3. The van der Waals surface area contributed by atoms with Crippen LogP contribution in [0.15, 0.2) is 0 Å². The number of hydrogen-bond acceptors (Lipinski definition) is 2. The van der Waals surface area contributed by atoms with Crippen LogP contribution in [0.3, 0.4) is 0 Å². The highest BCUT2D eigenvalue weighted by atomic mass is 15.1. The van der Waals surface area contributed by atoms with Gasteiger partial charge >= 0.3 is 0 Å². The van der Waals surface area contributed by atoms with Gasteiger partial charge in [-0.2, -0.15) is 0 Å². The maximum absolute atomic E-state index is 3.31. The highest BCUT2D eigenvalue weighted by Crippen LogP contribution is 1.94. The second-order valence-electron chi connectivity index (χ2n) is 5.32. The predicted molar refractivity (Wildman–Crippen MR) is 80.7 cm³/mol. The molecule has 0 aromatic carbocycles. The largest absolute Gasteiger partial charge is 0.312 e. The summed E-state index contributed by atoms with van der Waals surface area (Å²) in [4.78, 5) is 2.54. The first kappa shape index (κ1) is 19.3. The summed E-state index contributed by atoms with van der Waals surface area (Å²) >= 11 is 0. The van der Waals surface area contributed by atoms with Gasteiger partial charge in [0.05, 0.1) is 0 Å². The molecule has 2 nitrogen and oxygen atoms in total. The minimum Gasteiger partial charge on any atom is -0.312 e. The standard InChI is InChI=1S/C9H21N.C6H15N/c1-4-7-10(8-5-2)9-6-3;1-5(2)7-6(3)4/h4-9H2,1-3H3;5-7H,1-4H3. The molecule has 0 aliphatic heterocycles. The van der Waals surface area contributed by atoms with Crippen molar-refractivity contribution in [3.63, 3.8) is 0 Å². The van der Waals surface area contributed by atoms with Crippen LogP contribution in [-0.2, 0) is 0 Å². The van der Waals surface area contributed by atoms with E-state index in [9.17, 15) is 0 Å². The lowest BCUT2D eigenvalue weighted by Crippen LogP contribution is -2.29. The van der Waals surface area contributed by atoms with Crippen molar-refractivity contribution in [3.05, 3.63) is 0 Å². The van der Waals surface area contributed by atoms with Crippen molar-refractivity contribution in [1.29, 1.82) is 0 Å². The normalized spacial score (nSPS) is 10.9. The highest BCUT2D eigenvalue weighted by molar-refractivity contribution is 4.56. The second kappa shape index (κ2) is 14.0. The summed E-state index contributed by atoms with van der Waals surface area (Å²) in [7, 11) is 0. The van der Waals surface area contributed by atoms with E-state index in [1.165, 1.54) is 38.9 Å². The van der Waals surface area contributed by atoms with Crippen LogP contribution < -0.4 is 5.32 Å². The van der Waals surface area contributed by atoms with Crippen molar-refractivity contribution in [3.8, 4) is 0 Å². The van der Waals surface area contributed by atoms with Gasteiger partial charge in [-0.25, -0.2) is 0 Å². The summed E-state index contributed by atoms with van der Waals surface area (Å²) in [5.41, 5.74) is 0. The fraction of sp³-hybridized carbons (Fsp3) is 1.00. The van der Waals surface area contributed by atoms with Gasteiger partial charge in [0.1, 0.15) is 0 Å². The summed E-state index contributed by atoms with van der Waals surface area (Å²) in [6.45, 7) is 19.2. The van der Waals surface area contributed by atoms with Crippen molar-refractivity contribution < 1.29 is 0 Å². The summed E-state index contributed by atoms with van der Waals surface area (Å²) in [5.74, 6) is 0. The second-order valence-corrected chi connectivity index (χ2v) is 5.32. The first-order valence-electron chi connectivity index (χ1n) is 7.46. The van der Waals surface area contributed by atoms with Gasteiger partial charge in [0.2, 0.25) is 0 Å². The van der Waals surface area contributed by atoms with E-state index >= 15 is 0 Å². The Morgan fingerprint density at radius 2 is 1.00 bits per heavy atom. The SMILES string of the molecule is CC(C)NC(C)C.CCCN(CCC)CCC. The molecule has 2 heteroatoms. The molecule has 0 fully saturated rings. The third-order valence-electron chi connectivity index (χ3n) is 2.29. The quantitative estimate of drug-likeness (QED) is 0.696. The number of rotatable bonds is 8. The van der Waals surface area contributed by atoms with E-state index in [0.717, 1.165) is 0 Å². The lowest BCUT2D eigenvalue weighted by Gasteiger charge is -2.19. The van der Waals surface area contributed by atoms with Crippen LogP contribution >= 0.6 is 0 Å². The molecule has 0 spiro atoms. The monoisotopic (exact) mass is 244 g/mol. The molecule has 0 saturated carbocycles. The van der Waals surface area contributed by atoms with Crippen molar-refractivity contribution in [2.45, 2.75) is 79.8 Å². The Bertz CT molecular complexity index is 113. The molecule has 0 aliphatic rings. The fourth-order valence-electron chi connectivity index (χ4n) is 1.95. The van der Waals surface area contributed by atoms with Gasteiger partial charge in [0.15, 0.2) is 0 Å². The molecule has 0 amide bonds. The molecule has 106 valence electrons. The number of nitrogens with zero attached hydrogens (tertiary/aromatic N) is 1. The summed E-state index contributed by atoms with van der Waals surface area (Å²) in [6, 6.07) is 1.25. The average Bonchev–Trinajstić information content (AvgIpc) is 2.17. The van der Waals surface area contributed by atoms with E-state index in [4.69, 9.17) is 0 Å². The van der Waals surface area contributed by atoms with E-state index in [0.29, 0.717) is 12.1 Å². The van der Waals surface area contributed by atoms with Crippen molar-refractivity contribution in [2.24, 2.45) is 0 Å². The molecule has 0 bridgehead atoms. The van der Waals surface area contributed by atoms with Crippen LogP contribution in [0.2, 0.25) is 0 Å². The zero-order chi connectivity index (χ0) is 13.7. The predicted octanol–water partition coefficient (Wildman–Crippen LogP) is 3.91. The molecule has 0 aromatic rings. The maximum atomic E-state index is 3.31. The van der Waals surface area contributed by atoms with Crippen molar-refractivity contribution in [1.82, 2.24) is 10.2 Å². The van der Waals surface area contributed by atoms with Crippen molar-refractivity contribution in [2.75, 3.05) is 19.6 Å². The van der Waals surface area contributed by atoms with E-state index in [2.05, 4.69) is 58.7 Å². The van der Waals surface area contributed by atoms with Crippen LogP contribution in [0.5, 0.6) is 0 Å². The smallest absolute Gasteiger partial charge is 0.00127 e.